The Morgan fingerprint density at radius 1 is 1.29 bits per heavy atom. The summed E-state index contributed by atoms with van der Waals surface area (Å²) in [4.78, 5) is 4.38. The van der Waals surface area contributed by atoms with Crippen LogP contribution in [0.3, 0.4) is 0 Å². The summed E-state index contributed by atoms with van der Waals surface area (Å²) < 4.78 is 10.9. The Morgan fingerprint density at radius 3 is 2.90 bits per heavy atom. The van der Waals surface area contributed by atoms with Crippen molar-refractivity contribution in [3.05, 3.63) is 23.8 Å². The molecule has 0 amide bonds. The summed E-state index contributed by atoms with van der Waals surface area (Å²) in [6, 6.07) is 6.26. The lowest BCUT2D eigenvalue weighted by Crippen LogP contribution is -2.44. The van der Waals surface area contributed by atoms with E-state index < -0.39 is 0 Å². The number of likely N-dealkylation sites (N-methyl/N-ethyl adjacent to an activating group) is 1. The Balaban J connectivity index is 1.54. The molecule has 2 heterocycles. The monoisotopic (exact) mass is 292 g/mol. The standard InChI is InChI=1S/C16H24N2O3/c1-17(11-15(19)12-18-5-8-20-9-6-18)14-2-3-16-13(10-14)4-7-21-16/h2-3,10,15,19H,4-9,11-12H2,1H3. The molecule has 5 nitrogen and oxygen atoms in total. The molecule has 21 heavy (non-hydrogen) atoms. The molecule has 5 heteroatoms. The topological polar surface area (TPSA) is 45.2 Å². The zero-order chi connectivity index (χ0) is 14.7. The Labute approximate surface area is 126 Å². The second-order valence-corrected chi connectivity index (χ2v) is 5.84. The summed E-state index contributed by atoms with van der Waals surface area (Å²) in [6.45, 7) is 5.50. The van der Waals surface area contributed by atoms with Crippen LogP contribution in [0.15, 0.2) is 18.2 Å². The van der Waals surface area contributed by atoms with E-state index in [4.69, 9.17) is 9.47 Å². The molecule has 3 rings (SSSR count). The van der Waals surface area contributed by atoms with Crippen LogP contribution in [0.25, 0.3) is 0 Å². The second kappa shape index (κ2) is 6.64. The summed E-state index contributed by atoms with van der Waals surface area (Å²) >= 11 is 0. The molecular formula is C16H24N2O3. The Bertz CT molecular complexity index is 475. The van der Waals surface area contributed by atoms with Crippen LogP contribution < -0.4 is 9.64 Å². The molecule has 1 aromatic rings. The normalized spacial score (nSPS) is 19.9. The maximum atomic E-state index is 10.3. The molecule has 2 aliphatic heterocycles. The van der Waals surface area contributed by atoms with Gasteiger partial charge >= 0.3 is 0 Å². The minimum absolute atomic E-state index is 0.349. The Morgan fingerprint density at radius 2 is 2.10 bits per heavy atom. The van der Waals surface area contributed by atoms with Crippen molar-refractivity contribution < 1.29 is 14.6 Å². The van der Waals surface area contributed by atoms with Crippen LogP contribution in [0, 0.1) is 0 Å². The highest BCUT2D eigenvalue weighted by Gasteiger charge is 2.18. The van der Waals surface area contributed by atoms with E-state index in [1.807, 2.05) is 13.1 Å². The van der Waals surface area contributed by atoms with E-state index in [-0.39, 0.29) is 6.10 Å². The SMILES string of the molecule is CN(CC(O)CN1CCOCC1)c1ccc2c(c1)CCO2. The van der Waals surface area contributed by atoms with E-state index in [0.29, 0.717) is 13.1 Å². The molecule has 1 unspecified atom stereocenters. The minimum Gasteiger partial charge on any atom is -0.493 e. The van der Waals surface area contributed by atoms with Crippen LogP contribution in [-0.4, -0.2) is 69.2 Å². The summed E-state index contributed by atoms with van der Waals surface area (Å²) in [6.07, 6.45) is 0.630. The van der Waals surface area contributed by atoms with Crippen LogP contribution in [0.4, 0.5) is 5.69 Å². The number of anilines is 1. The average Bonchev–Trinajstić information content (AvgIpc) is 2.95. The molecule has 0 bridgehead atoms. The zero-order valence-corrected chi connectivity index (χ0v) is 12.6. The number of hydrogen-bond donors (Lipinski definition) is 1. The van der Waals surface area contributed by atoms with Crippen molar-refractivity contribution >= 4 is 5.69 Å². The van der Waals surface area contributed by atoms with Gasteiger partial charge in [-0.2, -0.15) is 0 Å². The lowest BCUT2D eigenvalue weighted by Gasteiger charge is -2.30. The van der Waals surface area contributed by atoms with E-state index in [9.17, 15) is 5.11 Å². The highest BCUT2D eigenvalue weighted by atomic mass is 16.5. The van der Waals surface area contributed by atoms with Gasteiger partial charge in [-0.15, -0.1) is 0 Å². The fourth-order valence-corrected chi connectivity index (χ4v) is 2.97. The number of hydrogen-bond acceptors (Lipinski definition) is 5. The zero-order valence-electron chi connectivity index (χ0n) is 12.6. The van der Waals surface area contributed by atoms with E-state index >= 15 is 0 Å². The summed E-state index contributed by atoms with van der Waals surface area (Å²) in [7, 11) is 2.03. The number of ether oxygens (including phenoxy) is 2. The predicted octanol–water partition coefficient (Wildman–Crippen LogP) is 0.751. The van der Waals surface area contributed by atoms with E-state index in [0.717, 1.165) is 50.8 Å². The van der Waals surface area contributed by atoms with Crippen LogP contribution in [0.5, 0.6) is 5.75 Å². The van der Waals surface area contributed by atoms with Gasteiger partial charge in [0.25, 0.3) is 0 Å². The fraction of sp³-hybridized carbons (Fsp3) is 0.625. The van der Waals surface area contributed by atoms with Gasteiger partial charge in [0.2, 0.25) is 0 Å². The smallest absolute Gasteiger partial charge is 0.122 e. The quantitative estimate of drug-likeness (QED) is 0.868. The van der Waals surface area contributed by atoms with Crippen molar-refractivity contribution in [2.75, 3.05) is 57.9 Å². The molecule has 0 aromatic heterocycles. The molecule has 116 valence electrons. The first-order valence-corrected chi connectivity index (χ1v) is 7.67. The van der Waals surface area contributed by atoms with Gasteiger partial charge in [-0.25, -0.2) is 0 Å². The van der Waals surface area contributed by atoms with Gasteiger partial charge in [-0.05, 0) is 23.8 Å². The van der Waals surface area contributed by atoms with E-state index in [1.165, 1.54) is 5.56 Å². The van der Waals surface area contributed by atoms with E-state index in [1.54, 1.807) is 0 Å². The van der Waals surface area contributed by atoms with Gasteiger partial charge < -0.3 is 19.5 Å². The number of rotatable bonds is 5. The molecule has 1 fully saturated rings. The molecule has 1 N–H and O–H groups in total. The molecule has 0 aliphatic carbocycles. The number of morpholine rings is 1. The first kappa shape index (κ1) is 14.6. The minimum atomic E-state index is -0.349. The van der Waals surface area contributed by atoms with Gasteiger partial charge in [0, 0.05) is 45.3 Å². The number of aliphatic hydroxyl groups excluding tert-OH is 1. The second-order valence-electron chi connectivity index (χ2n) is 5.84. The van der Waals surface area contributed by atoms with Gasteiger partial charge in [0.1, 0.15) is 5.75 Å². The molecule has 1 saturated heterocycles. The van der Waals surface area contributed by atoms with Crippen LogP contribution in [0.1, 0.15) is 5.56 Å². The first-order chi connectivity index (χ1) is 10.2. The van der Waals surface area contributed by atoms with Crippen LogP contribution in [-0.2, 0) is 11.2 Å². The van der Waals surface area contributed by atoms with E-state index in [2.05, 4.69) is 21.9 Å². The molecule has 0 radical (unpaired) electrons. The number of aliphatic hydroxyl groups is 1. The first-order valence-electron chi connectivity index (χ1n) is 7.67. The highest BCUT2D eigenvalue weighted by Crippen LogP contribution is 2.29. The Hall–Kier alpha value is -1.30. The lowest BCUT2D eigenvalue weighted by molar-refractivity contribution is 0.0162. The maximum Gasteiger partial charge on any atom is 0.122 e. The van der Waals surface area contributed by atoms with Gasteiger partial charge in [-0.3, -0.25) is 4.90 Å². The molecule has 2 aliphatic rings. The summed E-state index contributed by atoms with van der Waals surface area (Å²) in [5.74, 6) is 1.00. The van der Waals surface area contributed by atoms with Crippen molar-refractivity contribution in [3.63, 3.8) is 0 Å². The predicted molar refractivity (Wildman–Crippen MR) is 82.2 cm³/mol. The van der Waals surface area contributed by atoms with Crippen molar-refractivity contribution in [3.8, 4) is 5.75 Å². The maximum absolute atomic E-state index is 10.3. The third-order valence-electron chi connectivity index (χ3n) is 4.17. The number of benzene rings is 1. The van der Waals surface area contributed by atoms with Gasteiger partial charge in [0.15, 0.2) is 0 Å². The highest BCUT2D eigenvalue weighted by molar-refractivity contribution is 5.53. The average molecular weight is 292 g/mol. The van der Waals surface area contributed by atoms with Crippen molar-refractivity contribution in [1.82, 2.24) is 4.90 Å². The molecule has 0 spiro atoms. The van der Waals surface area contributed by atoms with Crippen molar-refractivity contribution in [2.24, 2.45) is 0 Å². The molecule has 1 atom stereocenters. The van der Waals surface area contributed by atoms with Gasteiger partial charge in [-0.1, -0.05) is 0 Å². The Kier molecular flexibility index (Phi) is 4.63. The third kappa shape index (κ3) is 3.67. The van der Waals surface area contributed by atoms with Crippen LogP contribution >= 0.6 is 0 Å². The number of β-amino-alcohol motifs (C(OH)–C–C–N with tert-alkyl or cyclic N) is 1. The number of nitrogens with zero attached hydrogens (tertiary/aromatic N) is 2. The van der Waals surface area contributed by atoms with Crippen LogP contribution in [0.2, 0.25) is 0 Å². The van der Waals surface area contributed by atoms with Crippen molar-refractivity contribution in [2.45, 2.75) is 12.5 Å². The third-order valence-corrected chi connectivity index (χ3v) is 4.17. The molecular weight excluding hydrogens is 268 g/mol. The van der Waals surface area contributed by atoms with Gasteiger partial charge in [0.05, 0.1) is 25.9 Å². The lowest BCUT2D eigenvalue weighted by atomic mass is 10.1. The number of fused-ring (bicyclic) bond motifs is 1. The summed E-state index contributed by atoms with van der Waals surface area (Å²) in [5.41, 5.74) is 2.40. The fourth-order valence-electron chi connectivity index (χ4n) is 2.97. The summed E-state index contributed by atoms with van der Waals surface area (Å²) in [5, 5.41) is 10.3. The largest absolute Gasteiger partial charge is 0.493 e. The molecule has 0 saturated carbocycles. The molecule has 1 aromatic carbocycles. The van der Waals surface area contributed by atoms with Crippen molar-refractivity contribution in [1.29, 1.82) is 0 Å².